The molecule has 1 rings (SSSR count). The molecule has 0 aliphatic heterocycles. The van der Waals surface area contributed by atoms with Crippen molar-refractivity contribution in [1.82, 2.24) is 4.90 Å². The number of benzene rings is 1. The third kappa shape index (κ3) is 4.18. The molecular weight excluding hydrogens is 272 g/mol. The first-order chi connectivity index (χ1) is 9.90. The molecule has 7 nitrogen and oxygen atoms in total. The Balaban J connectivity index is 3.03. The number of rotatable bonds is 6. The predicted octanol–water partition coefficient (Wildman–Crippen LogP) is 2.26. The van der Waals surface area contributed by atoms with Crippen molar-refractivity contribution < 1.29 is 9.72 Å². The van der Waals surface area contributed by atoms with E-state index >= 15 is 0 Å². The SMILES string of the molecule is CCNc1ccc(C(=O)N(C)CC(C)C#N)cc1[N+](=O)[O-]. The molecule has 21 heavy (non-hydrogen) atoms. The van der Waals surface area contributed by atoms with Gasteiger partial charge in [-0.15, -0.1) is 0 Å². The van der Waals surface area contributed by atoms with Crippen LogP contribution in [0.2, 0.25) is 0 Å². The fourth-order valence-electron chi connectivity index (χ4n) is 1.91. The van der Waals surface area contributed by atoms with Crippen molar-refractivity contribution >= 4 is 17.3 Å². The van der Waals surface area contributed by atoms with E-state index in [1.807, 2.05) is 13.0 Å². The first-order valence-corrected chi connectivity index (χ1v) is 6.58. The van der Waals surface area contributed by atoms with Crippen molar-refractivity contribution in [2.75, 3.05) is 25.5 Å². The summed E-state index contributed by atoms with van der Waals surface area (Å²) in [5.74, 6) is -0.641. The summed E-state index contributed by atoms with van der Waals surface area (Å²) in [6, 6.07) is 6.37. The van der Waals surface area contributed by atoms with Gasteiger partial charge in [0.2, 0.25) is 0 Å². The van der Waals surface area contributed by atoms with Crippen LogP contribution in [0.5, 0.6) is 0 Å². The summed E-state index contributed by atoms with van der Waals surface area (Å²) in [5, 5.41) is 22.7. The van der Waals surface area contributed by atoms with Gasteiger partial charge in [-0.05, 0) is 26.0 Å². The van der Waals surface area contributed by atoms with Gasteiger partial charge in [0, 0.05) is 31.8 Å². The number of hydrogen-bond donors (Lipinski definition) is 1. The van der Waals surface area contributed by atoms with Crippen LogP contribution in [0.15, 0.2) is 18.2 Å². The highest BCUT2D eigenvalue weighted by Crippen LogP contribution is 2.26. The summed E-state index contributed by atoms with van der Waals surface area (Å²) in [6.45, 7) is 4.37. The number of nitro groups is 1. The molecule has 1 aromatic rings. The lowest BCUT2D eigenvalue weighted by Crippen LogP contribution is -2.30. The number of carbonyl (C=O) groups is 1. The zero-order valence-corrected chi connectivity index (χ0v) is 12.3. The topological polar surface area (TPSA) is 99.3 Å². The van der Waals surface area contributed by atoms with Crippen molar-refractivity contribution in [1.29, 1.82) is 5.26 Å². The van der Waals surface area contributed by atoms with Crippen LogP contribution in [0.3, 0.4) is 0 Å². The smallest absolute Gasteiger partial charge is 0.293 e. The van der Waals surface area contributed by atoms with E-state index in [4.69, 9.17) is 5.26 Å². The molecule has 0 aliphatic carbocycles. The molecule has 1 unspecified atom stereocenters. The summed E-state index contributed by atoms with van der Waals surface area (Å²) in [6.07, 6.45) is 0. The van der Waals surface area contributed by atoms with Crippen LogP contribution in [0.25, 0.3) is 0 Å². The number of nitrogens with zero attached hydrogens (tertiary/aromatic N) is 3. The molecule has 0 radical (unpaired) electrons. The normalized spacial score (nSPS) is 11.3. The Bertz CT molecular complexity index is 580. The Morgan fingerprint density at radius 3 is 2.76 bits per heavy atom. The second kappa shape index (κ2) is 7.24. The largest absolute Gasteiger partial charge is 0.380 e. The predicted molar refractivity (Wildman–Crippen MR) is 79.0 cm³/mol. The lowest BCUT2D eigenvalue weighted by Gasteiger charge is -2.18. The Labute approximate surface area is 123 Å². The highest BCUT2D eigenvalue weighted by molar-refractivity contribution is 5.95. The summed E-state index contributed by atoms with van der Waals surface area (Å²) in [7, 11) is 1.57. The zero-order chi connectivity index (χ0) is 16.0. The van der Waals surface area contributed by atoms with E-state index in [0.717, 1.165) is 0 Å². The summed E-state index contributed by atoms with van der Waals surface area (Å²) < 4.78 is 0. The molecule has 0 saturated heterocycles. The first kappa shape index (κ1) is 16.4. The maximum Gasteiger partial charge on any atom is 0.293 e. The molecule has 0 saturated carbocycles. The van der Waals surface area contributed by atoms with Crippen LogP contribution in [0, 0.1) is 27.4 Å². The Morgan fingerprint density at radius 1 is 1.57 bits per heavy atom. The minimum atomic E-state index is -0.521. The molecule has 0 fully saturated rings. The number of amides is 1. The average Bonchev–Trinajstić information content (AvgIpc) is 2.46. The summed E-state index contributed by atoms with van der Waals surface area (Å²) >= 11 is 0. The lowest BCUT2D eigenvalue weighted by atomic mass is 10.1. The average molecular weight is 290 g/mol. The third-order valence-electron chi connectivity index (χ3n) is 2.92. The fraction of sp³-hybridized carbons (Fsp3) is 0.429. The monoisotopic (exact) mass is 290 g/mol. The first-order valence-electron chi connectivity index (χ1n) is 6.58. The van der Waals surface area contributed by atoms with Crippen molar-refractivity contribution in [3.05, 3.63) is 33.9 Å². The van der Waals surface area contributed by atoms with E-state index in [1.54, 1.807) is 20.0 Å². The number of nitro benzene ring substituents is 1. The van der Waals surface area contributed by atoms with Crippen LogP contribution < -0.4 is 5.32 Å². The second-order valence-corrected chi connectivity index (χ2v) is 4.74. The number of hydrogen-bond acceptors (Lipinski definition) is 5. The number of anilines is 1. The van der Waals surface area contributed by atoms with E-state index in [-0.39, 0.29) is 29.6 Å². The number of carbonyl (C=O) groups excluding carboxylic acids is 1. The highest BCUT2D eigenvalue weighted by atomic mass is 16.6. The van der Waals surface area contributed by atoms with Gasteiger partial charge in [0.15, 0.2) is 0 Å². The lowest BCUT2D eigenvalue weighted by molar-refractivity contribution is -0.384. The minimum absolute atomic E-state index is 0.135. The molecule has 112 valence electrons. The second-order valence-electron chi connectivity index (χ2n) is 4.74. The van der Waals surface area contributed by atoms with Crippen molar-refractivity contribution in [2.45, 2.75) is 13.8 Å². The molecule has 0 spiro atoms. The molecule has 0 bridgehead atoms. The van der Waals surface area contributed by atoms with Gasteiger partial charge in [0.25, 0.3) is 11.6 Å². The molecule has 0 aliphatic rings. The Morgan fingerprint density at radius 2 is 2.24 bits per heavy atom. The minimum Gasteiger partial charge on any atom is -0.380 e. The van der Waals surface area contributed by atoms with Crippen LogP contribution in [0.1, 0.15) is 24.2 Å². The van der Waals surface area contributed by atoms with Gasteiger partial charge in [-0.3, -0.25) is 14.9 Å². The summed E-state index contributed by atoms with van der Waals surface area (Å²) in [5.41, 5.74) is 0.479. The highest BCUT2D eigenvalue weighted by Gasteiger charge is 2.20. The van der Waals surface area contributed by atoms with Crippen LogP contribution in [-0.2, 0) is 0 Å². The van der Waals surface area contributed by atoms with Gasteiger partial charge < -0.3 is 10.2 Å². The quantitative estimate of drug-likeness (QED) is 0.640. The van der Waals surface area contributed by atoms with E-state index < -0.39 is 4.92 Å². The van der Waals surface area contributed by atoms with Crippen LogP contribution in [-0.4, -0.2) is 35.9 Å². The van der Waals surface area contributed by atoms with E-state index in [0.29, 0.717) is 12.2 Å². The summed E-state index contributed by atoms with van der Waals surface area (Å²) in [4.78, 5) is 24.1. The molecule has 0 heterocycles. The molecule has 7 heteroatoms. The standard InChI is InChI=1S/C14H18N4O3/c1-4-16-12-6-5-11(7-13(12)18(20)21)14(19)17(3)9-10(2)8-15/h5-7,10,16H,4,9H2,1-3H3. The van der Waals surface area contributed by atoms with Gasteiger partial charge in [-0.1, -0.05) is 0 Å². The van der Waals surface area contributed by atoms with Crippen molar-refractivity contribution in [3.8, 4) is 6.07 Å². The van der Waals surface area contributed by atoms with Crippen LogP contribution in [0.4, 0.5) is 11.4 Å². The van der Waals surface area contributed by atoms with Gasteiger partial charge in [-0.25, -0.2) is 0 Å². The maximum atomic E-state index is 12.2. The zero-order valence-electron chi connectivity index (χ0n) is 12.3. The van der Waals surface area contributed by atoms with Gasteiger partial charge in [0.1, 0.15) is 5.69 Å². The van der Waals surface area contributed by atoms with Gasteiger partial charge in [0.05, 0.1) is 16.9 Å². The van der Waals surface area contributed by atoms with Gasteiger partial charge >= 0.3 is 0 Å². The molecule has 1 aromatic carbocycles. The molecule has 0 aromatic heterocycles. The van der Waals surface area contributed by atoms with Crippen molar-refractivity contribution in [3.63, 3.8) is 0 Å². The Hall–Kier alpha value is -2.62. The number of nitrogens with one attached hydrogen (secondary N) is 1. The molecule has 1 N–H and O–H groups in total. The maximum absolute atomic E-state index is 12.2. The molecular formula is C14H18N4O3. The van der Waals surface area contributed by atoms with E-state index in [1.165, 1.54) is 17.0 Å². The van der Waals surface area contributed by atoms with Crippen molar-refractivity contribution in [2.24, 2.45) is 5.92 Å². The Kier molecular flexibility index (Phi) is 5.67. The van der Waals surface area contributed by atoms with E-state index in [2.05, 4.69) is 5.32 Å². The fourth-order valence-corrected chi connectivity index (χ4v) is 1.91. The number of nitriles is 1. The molecule has 1 amide bonds. The van der Waals surface area contributed by atoms with Gasteiger partial charge in [-0.2, -0.15) is 5.26 Å². The molecule has 1 atom stereocenters. The third-order valence-corrected chi connectivity index (χ3v) is 2.92. The van der Waals surface area contributed by atoms with E-state index in [9.17, 15) is 14.9 Å². The van der Waals surface area contributed by atoms with Crippen LogP contribution >= 0.6 is 0 Å².